The second-order valence-corrected chi connectivity index (χ2v) is 4.12. The Bertz CT molecular complexity index is 542. The summed E-state index contributed by atoms with van der Waals surface area (Å²) in [6, 6.07) is 7.82. The summed E-state index contributed by atoms with van der Waals surface area (Å²) in [6.07, 6.45) is 0. The third-order valence-electron chi connectivity index (χ3n) is 3.00. The van der Waals surface area contributed by atoms with Crippen LogP contribution in [0.5, 0.6) is 0 Å². The third-order valence-corrected chi connectivity index (χ3v) is 3.00. The predicted octanol–water partition coefficient (Wildman–Crippen LogP) is 1.37. The van der Waals surface area contributed by atoms with E-state index in [2.05, 4.69) is 17.3 Å². The molecule has 1 aliphatic rings. The molecule has 0 amide bonds. The molecule has 1 aromatic carbocycles. The van der Waals surface area contributed by atoms with Crippen LogP contribution in [0.15, 0.2) is 24.3 Å². The molecule has 0 saturated carbocycles. The molecule has 1 aliphatic heterocycles. The van der Waals surface area contributed by atoms with E-state index in [0.717, 1.165) is 30.2 Å². The zero-order chi connectivity index (χ0) is 11.1. The van der Waals surface area contributed by atoms with Crippen molar-refractivity contribution in [3.05, 3.63) is 41.2 Å². The zero-order valence-corrected chi connectivity index (χ0v) is 9.20. The Balaban J connectivity index is 2.17. The lowest BCUT2D eigenvalue weighted by atomic mass is 10.2. The van der Waals surface area contributed by atoms with Crippen LogP contribution in [0.1, 0.15) is 17.0 Å². The van der Waals surface area contributed by atoms with Crippen LogP contribution < -0.4 is 11.1 Å². The first-order chi connectivity index (χ1) is 7.75. The number of nitrogen functional groups attached to an aromatic ring is 1. The van der Waals surface area contributed by atoms with Crippen LogP contribution in [0.3, 0.4) is 0 Å². The van der Waals surface area contributed by atoms with Gasteiger partial charge in [-0.1, -0.05) is 6.07 Å². The Morgan fingerprint density at radius 3 is 3.06 bits per heavy atom. The topological polar surface area (TPSA) is 55.9 Å². The molecule has 2 aromatic rings. The van der Waals surface area contributed by atoms with E-state index in [1.807, 2.05) is 28.9 Å². The number of nitrogens with zero attached hydrogens (tertiary/aromatic N) is 2. The Morgan fingerprint density at radius 2 is 2.25 bits per heavy atom. The van der Waals surface area contributed by atoms with Gasteiger partial charge in [-0.25, -0.2) is 4.68 Å². The van der Waals surface area contributed by atoms with E-state index in [0.29, 0.717) is 0 Å². The van der Waals surface area contributed by atoms with Crippen LogP contribution in [0.25, 0.3) is 5.69 Å². The molecule has 0 aliphatic carbocycles. The highest BCUT2D eigenvalue weighted by Crippen LogP contribution is 2.23. The van der Waals surface area contributed by atoms with Gasteiger partial charge in [0.05, 0.1) is 17.1 Å². The van der Waals surface area contributed by atoms with Crippen molar-refractivity contribution in [3.63, 3.8) is 0 Å². The molecule has 0 bridgehead atoms. The second kappa shape index (κ2) is 3.35. The van der Waals surface area contributed by atoms with Crippen LogP contribution in [0.4, 0.5) is 5.69 Å². The highest BCUT2D eigenvalue weighted by atomic mass is 15.3. The largest absolute Gasteiger partial charge is 0.399 e. The van der Waals surface area contributed by atoms with Crippen molar-refractivity contribution in [1.29, 1.82) is 0 Å². The highest BCUT2D eigenvalue weighted by Gasteiger charge is 2.20. The van der Waals surface area contributed by atoms with Crippen LogP contribution in [0.2, 0.25) is 0 Å². The van der Waals surface area contributed by atoms with Gasteiger partial charge in [0, 0.05) is 24.3 Å². The number of aryl methyl sites for hydroxylation is 1. The molecule has 4 heteroatoms. The summed E-state index contributed by atoms with van der Waals surface area (Å²) in [7, 11) is 0. The van der Waals surface area contributed by atoms with Crippen molar-refractivity contribution < 1.29 is 0 Å². The van der Waals surface area contributed by atoms with Crippen LogP contribution in [-0.2, 0) is 13.1 Å². The minimum atomic E-state index is 0.769. The zero-order valence-electron chi connectivity index (χ0n) is 9.20. The van der Waals surface area contributed by atoms with Crippen molar-refractivity contribution in [2.24, 2.45) is 0 Å². The molecular formula is C12H14N4. The number of fused-ring (bicyclic) bond motifs is 1. The van der Waals surface area contributed by atoms with Gasteiger partial charge in [0.2, 0.25) is 0 Å². The molecule has 16 heavy (non-hydrogen) atoms. The standard InChI is InChI=1S/C12H14N4/c1-8-11-6-14-7-12(11)16(15-8)10-4-2-3-9(13)5-10/h2-5,14H,6-7,13H2,1H3. The van der Waals surface area contributed by atoms with Crippen LogP contribution >= 0.6 is 0 Å². The minimum absolute atomic E-state index is 0.769. The summed E-state index contributed by atoms with van der Waals surface area (Å²) in [4.78, 5) is 0. The van der Waals surface area contributed by atoms with Gasteiger partial charge < -0.3 is 11.1 Å². The first kappa shape index (κ1) is 9.42. The lowest BCUT2D eigenvalue weighted by Crippen LogP contribution is -2.08. The van der Waals surface area contributed by atoms with E-state index >= 15 is 0 Å². The van der Waals surface area contributed by atoms with Gasteiger partial charge in [-0.05, 0) is 25.1 Å². The van der Waals surface area contributed by atoms with Gasteiger partial charge in [-0.2, -0.15) is 5.10 Å². The van der Waals surface area contributed by atoms with Crippen molar-refractivity contribution in [2.75, 3.05) is 5.73 Å². The van der Waals surface area contributed by atoms with Crippen molar-refractivity contribution in [3.8, 4) is 5.69 Å². The van der Waals surface area contributed by atoms with Gasteiger partial charge in [-0.15, -0.1) is 0 Å². The molecule has 0 saturated heterocycles. The predicted molar refractivity (Wildman–Crippen MR) is 63.3 cm³/mol. The summed E-state index contributed by atoms with van der Waals surface area (Å²) in [5.41, 5.74) is 11.3. The second-order valence-electron chi connectivity index (χ2n) is 4.12. The maximum absolute atomic E-state index is 5.79. The summed E-state index contributed by atoms with van der Waals surface area (Å²) in [5, 5.41) is 7.91. The normalized spacial score (nSPS) is 14.1. The molecule has 1 aromatic heterocycles. The quantitative estimate of drug-likeness (QED) is 0.705. The molecule has 0 spiro atoms. The molecule has 0 unspecified atom stereocenters. The number of nitrogens with one attached hydrogen (secondary N) is 1. The van der Waals surface area contributed by atoms with E-state index in [4.69, 9.17) is 5.73 Å². The fourth-order valence-electron chi connectivity index (χ4n) is 2.19. The van der Waals surface area contributed by atoms with Gasteiger partial charge in [0.25, 0.3) is 0 Å². The molecule has 3 N–H and O–H groups in total. The lowest BCUT2D eigenvalue weighted by molar-refractivity contribution is 0.705. The monoisotopic (exact) mass is 214 g/mol. The minimum Gasteiger partial charge on any atom is -0.399 e. The molecule has 2 heterocycles. The fourth-order valence-corrected chi connectivity index (χ4v) is 2.19. The summed E-state index contributed by atoms with van der Waals surface area (Å²) >= 11 is 0. The number of rotatable bonds is 1. The molecule has 0 fully saturated rings. The Morgan fingerprint density at radius 1 is 1.38 bits per heavy atom. The molecular weight excluding hydrogens is 200 g/mol. The Labute approximate surface area is 94.1 Å². The number of aromatic nitrogens is 2. The number of nitrogens with two attached hydrogens (primary N) is 1. The summed E-state index contributed by atoms with van der Waals surface area (Å²) < 4.78 is 1.99. The maximum Gasteiger partial charge on any atom is 0.0670 e. The SMILES string of the molecule is Cc1nn(-c2cccc(N)c2)c2c1CNC2. The first-order valence-electron chi connectivity index (χ1n) is 5.40. The Hall–Kier alpha value is -1.81. The van der Waals surface area contributed by atoms with E-state index in [1.54, 1.807) is 0 Å². The summed E-state index contributed by atoms with van der Waals surface area (Å²) in [5.74, 6) is 0. The molecule has 3 rings (SSSR count). The van der Waals surface area contributed by atoms with E-state index in [1.165, 1.54) is 11.3 Å². The van der Waals surface area contributed by atoms with Gasteiger partial charge in [0.1, 0.15) is 0 Å². The van der Waals surface area contributed by atoms with Crippen molar-refractivity contribution >= 4 is 5.69 Å². The smallest absolute Gasteiger partial charge is 0.0670 e. The maximum atomic E-state index is 5.79. The van der Waals surface area contributed by atoms with Crippen molar-refractivity contribution in [2.45, 2.75) is 20.0 Å². The van der Waals surface area contributed by atoms with E-state index in [9.17, 15) is 0 Å². The fraction of sp³-hybridized carbons (Fsp3) is 0.250. The first-order valence-corrected chi connectivity index (χ1v) is 5.40. The van der Waals surface area contributed by atoms with Gasteiger partial charge >= 0.3 is 0 Å². The highest BCUT2D eigenvalue weighted by molar-refractivity contribution is 5.49. The van der Waals surface area contributed by atoms with Crippen molar-refractivity contribution in [1.82, 2.24) is 15.1 Å². The molecule has 0 atom stereocenters. The summed E-state index contributed by atoms with van der Waals surface area (Å²) in [6.45, 7) is 3.85. The van der Waals surface area contributed by atoms with Gasteiger partial charge in [0.15, 0.2) is 0 Å². The molecule has 82 valence electrons. The number of benzene rings is 1. The van der Waals surface area contributed by atoms with Crippen LogP contribution in [0, 0.1) is 6.92 Å². The van der Waals surface area contributed by atoms with Gasteiger partial charge in [-0.3, -0.25) is 0 Å². The van der Waals surface area contributed by atoms with E-state index in [-0.39, 0.29) is 0 Å². The average Bonchev–Trinajstić information content (AvgIpc) is 2.83. The van der Waals surface area contributed by atoms with E-state index < -0.39 is 0 Å². The third kappa shape index (κ3) is 1.31. The Kier molecular flexibility index (Phi) is 1.97. The van der Waals surface area contributed by atoms with Crippen LogP contribution in [-0.4, -0.2) is 9.78 Å². The number of hydrogen-bond donors (Lipinski definition) is 2. The average molecular weight is 214 g/mol. The molecule has 4 nitrogen and oxygen atoms in total. The number of anilines is 1. The molecule has 0 radical (unpaired) electrons. The lowest BCUT2D eigenvalue weighted by Gasteiger charge is -2.05. The number of hydrogen-bond acceptors (Lipinski definition) is 3.